The van der Waals surface area contributed by atoms with E-state index in [1.165, 1.54) is 62.4 Å². The third-order valence-corrected chi connectivity index (χ3v) is 23.8. The van der Waals surface area contributed by atoms with Gasteiger partial charge in [0, 0.05) is 91.6 Å². The van der Waals surface area contributed by atoms with Gasteiger partial charge in [-0.2, -0.15) is 13.2 Å². The van der Waals surface area contributed by atoms with Crippen molar-refractivity contribution < 1.29 is 119 Å². The van der Waals surface area contributed by atoms with E-state index in [1.807, 2.05) is 182 Å². The molecule has 0 aliphatic heterocycles. The van der Waals surface area contributed by atoms with Gasteiger partial charge in [-0.1, -0.05) is 218 Å². The number of allylic oxidation sites excluding steroid dienone is 2. The minimum atomic E-state index is -4.37. The lowest BCUT2D eigenvalue weighted by molar-refractivity contribution is -0.173. The SMILES string of the molecule is CC(C)CC[C@H](N)C(=O)O.CC(C[C@H](N)C(=O)O)C(F)(F)F.CN.CS(=O)CC[C@H](N)C(=O)O.C[C@@H](CC1=CCc2ncccc21)C(=O)O.C[C@@H](Cc1csc2ccccc12)C(=O)O.C[C@](N)(Cc1ccccc1)C(=O)O.Cn1cc(C[C@H](N)C(=O)O)c2ccccc21.N[C@@H](CCC1CCCCC1)C(=O)O.N[C@@H](Cc1ccc(-c2ccccc2)cc1)C(=O)O.N[C@@H](Cc1cnc2ccccc2c1)C(=O)O.[HH].[HH]. The molecule has 2 unspecified atom stereocenters. The number of halogens is 3. The van der Waals surface area contributed by atoms with E-state index in [-0.39, 0.29) is 21.1 Å². The van der Waals surface area contributed by atoms with Crippen LogP contribution in [-0.4, -0.2) is 203 Å². The fraction of sp³-hybridized carbons (Fsp3) is 0.412. The fourth-order valence-corrected chi connectivity index (χ4v) is 15.1. The topological polar surface area (TPSA) is 655 Å². The van der Waals surface area contributed by atoms with Crippen molar-refractivity contribution in [2.45, 2.75) is 211 Å². The number of benzene rings is 6. The summed E-state index contributed by atoms with van der Waals surface area (Å²) >= 11 is 1.67. The molecule has 0 spiro atoms. The number of carbonyl (C=O) groups is 10. The van der Waals surface area contributed by atoms with E-state index in [9.17, 15) is 65.3 Å². The van der Waals surface area contributed by atoms with Crippen LogP contribution in [-0.2, 0) is 104 Å². The average Bonchev–Trinajstić information content (AvgIpc) is 1.66. The second kappa shape index (κ2) is 64.6. The lowest BCUT2D eigenvalue weighted by atomic mass is 9.85. The van der Waals surface area contributed by atoms with Gasteiger partial charge in [0.2, 0.25) is 0 Å². The predicted molar refractivity (Wildman–Crippen MR) is 545 cm³/mol. The first-order chi connectivity index (χ1) is 65.8. The number of carboxylic acid groups (broad SMARTS) is 10. The summed E-state index contributed by atoms with van der Waals surface area (Å²) in [6.45, 7) is 10.0. The molecule has 33 nitrogen and oxygen atoms in total. The Balaban J connectivity index is 0.00000156. The lowest BCUT2D eigenvalue weighted by Crippen LogP contribution is -2.46. The molecule has 6 aromatic carbocycles. The first kappa shape index (κ1) is 123. The predicted octanol–water partition coefficient (Wildman–Crippen LogP) is 13.8. The third-order valence-electron chi connectivity index (χ3n) is 21.9. The molecule has 4 aromatic heterocycles. The van der Waals surface area contributed by atoms with Gasteiger partial charge in [0.1, 0.15) is 47.8 Å². The molecular formula is C102H143F3N12O21S2. The summed E-state index contributed by atoms with van der Waals surface area (Å²) in [6.07, 6.45) is 17.3. The molecule has 1 saturated carbocycles. The molecule has 0 saturated heterocycles. The number of hydrogen-bond acceptors (Lipinski definition) is 23. The number of hydrogen-bond donors (Lipinski definition) is 19. The van der Waals surface area contributed by atoms with Crippen LogP contribution in [0.2, 0.25) is 0 Å². The standard InChI is InChI=1S/C15H15NO2.C12H14N2O2.C12H12N2O2.C12H13NO2.C12H12O2S.C10H13NO2.C10H19NO2.C7H15NO2.C6H10F3NO2.C5H11NO3S.CH5N.2H2/c16-14(15(17)18)10-11-6-8-13(9-7-11)12-4-2-1-3-5-12;1-14-7-8(6-10(13)12(15)16)9-4-2-3-5-11(9)14;13-10(12(15)16)6-8-5-9-3-1-2-4-11(9)14-7-8;1-8(12(14)15)7-9-4-5-11-10(9)3-2-6-13-11;1-8(12(13)14)6-9-7-15-11-5-3-2-4-10(9)11;1-10(11,9(12)13)7-8-5-3-2-4-6-8;11-9(10(12)13)7-6-8-4-2-1-3-5-8;1-5(2)3-4-6(8)7(9)10;1-3(6(7,8)9)2-4(10)5(11)12;1-10(9)3-2-4(6)5(7)8;1-2;;/h1-9,14H,10,16H2,(H,17,18);2-5,7,10H,6,13H2,1H3,(H,15,16);1-5,7,10H,6,13H2,(H,15,16);2-4,6,8H,5,7H2,1H3,(H,14,15);2-5,7-8H,6H2,1H3,(H,13,14);2-6H,7,11H2,1H3,(H,12,13);8-9H,1-7,11H2,(H,12,13);5-6H,3-4,8H2,1-2H3,(H,9,10);3-4H,2,10H2,1H3,(H,11,12);4H,2-3,6H2,1H3,(H,7,8);2H2,1H3;2*1H/t14-;2*10-;2*8-;10-;9-;6-;3?,4-;4-,10?;;;/m0000000000.../s1. The molecule has 0 amide bonds. The minimum Gasteiger partial charge on any atom is -0.481 e. The first-order valence-corrected chi connectivity index (χ1v) is 47.9. The molecule has 0 radical (unpaired) electrons. The summed E-state index contributed by atoms with van der Waals surface area (Å²) in [4.78, 5) is 114. The maximum atomic E-state index is 11.8. The fourth-order valence-electron chi connectivity index (χ4n) is 13.5. The van der Waals surface area contributed by atoms with Crippen molar-refractivity contribution in [2.75, 3.05) is 19.1 Å². The highest BCUT2D eigenvalue weighted by atomic mass is 32.2. The van der Waals surface area contributed by atoms with Crippen LogP contribution < -0.4 is 51.6 Å². The second-order valence-electron chi connectivity index (χ2n) is 34.4. The largest absolute Gasteiger partial charge is 0.481 e. The number of alkyl halides is 3. The summed E-state index contributed by atoms with van der Waals surface area (Å²) in [5.41, 5.74) is 58.5. The van der Waals surface area contributed by atoms with E-state index in [0.29, 0.717) is 63.0 Å². The maximum absolute atomic E-state index is 11.8. The number of rotatable bonds is 34. The summed E-state index contributed by atoms with van der Waals surface area (Å²) in [5.74, 6) is -10.3. The maximum Gasteiger partial charge on any atom is 0.391 e. The number of aliphatic carboxylic acids is 10. The summed E-state index contributed by atoms with van der Waals surface area (Å²) < 4.78 is 49.1. The summed E-state index contributed by atoms with van der Waals surface area (Å²) in [7, 11) is 2.50. The Morgan fingerprint density at radius 2 is 0.979 bits per heavy atom. The van der Waals surface area contributed by atoms with E-state index < -0.39 is 137 Å². The lowest BCUT2D eigenvalue weighted by Gasteiger charge is -2.21. The van der Waals surface area contributed by atoms with Gasteiger partial charge in [-0.3, -0.25) is 62.1 Å². The van der Waals surface area contributed by atoms with Crippen LogP contribution in [0.15, 0.2) is 206 Å². The third kappa shape index (κ3) is 48.3. The van der Waals surface area contributed by atoms with Crippen molar-refractivity contribution in [3.63, 3.8) is 0 Å². The van der Waals surface area contributed by atoms with Crippen LogP contribution in [0, 0.1) is 29.6 Å². The molecule has 0 bridgehead atoms. The molecule has 1 fully saturated rings. The van der Waals surface area contributed by atoms with Crippen LogP contribution in [0.1, 0.15) is 161 Å². The summed E-state index contributed by atoms with van der Waals surface area (Å²) in [5, 5.41) is 91.5. The van der Waals surface area contributed by atoms with E-state index >= 15 is 0 Å². The average molecular weight is 1990 g/mol. The zero-order chi connectivity index (χ0) is 106. The number of carboxylic acids is 10. The molecule has 4 heterocycles. The van der Waals surface area contributed by atoms with Crippen molar-refractivity contribution in [3.8, 4) is 11.1 Å². The van der Waals surface area contributed by atoms with Gasteiger partial charge in [0.05, 0.1) is 29.0 Å². The molecular weight excluding hydrogens is 1850 g/mol. The molecule has 770 valence electrons. The minimum absolute atomic E-state index is 0. The highest BCUT2D eigenvalue weighted by Crippen LogP contribution is 2.33. The van der Waals surface area contributed by atoms with Crippen molar-refractivity contribution in [1.82, 2.24) is 14.5 Å². The van der Waals surface area contributed by atoms with Gasteiger partial charge in [0.25, 0.3) is 0 Å². The van der Waals surface area contributed by atoms with E-state index in [1.54, 1.807) is 37.6 Å². The number of aryl methyl sites for hydroxylation is 1. The van der Waals surface area contributed by atoms with Gasteiger partial charge >= 0.3 is 65.9 Å². The number of nitrogens with zero attached hydrogens (tertiary/aromatic N) is 3. The van der Waals surface area contributed by atoms with Gasteiger partial charge in [-0.25, -0.2) is 0 Å². The van der Waals surface area contributed by atoms with Crippen molar-refractivity contribution in [3.05, 3.63) is 245 Å². The highest BCUT2D eigenvalue weighted by Gasteiger charge is 2.38. The number of thiophene rings is 1. The number of aromatic nitrogens is 3. The van der Waals surface area contributed by atoms with Crippen LogP contribution in [0.4, 0.5) is 13.2 Å². The van der Waals surface area contributed by atoms with Crippen molar-refractivity contribution >= 4 is 119 Å². The number of nitrogens with two attached hydrogens (primary N) is 9. The Morgan fingerprint density at radius 1 is 0.500 bits per heavy atom. The number of pyridine rings is 2. The van der Waals surface area contributed by atoms with Crippen LogP contribution in [0.25, 0.3) is 48.6 Å². The zero-order valence-corrected chi connectivity index (χ0v) is 82.1. The Kier molecular flexibility index (Phi) is 57.0. The molecule has 2 aliphatic carbocycles. The molecule has 12 rings (SSSR count). The van der Waals surface area contributed by atoms with E-state index in [0.717, 1.165) is 110 Å². The molecule has 38 heteroatoms. The molecule has 28 N–H and O–H groups in total. The normalized spacial score (nSPS) is 14.5. The monoisotopic (exact) mass is 1990 g/mol. The highest BCUT2D eigenvalue weighted by molar-refractivity contribution is 7.84. The van der Waals surface area contributed by atoms with Crippen molar-refractivity contribution in [1.29, 1.82) is 0 Å². The smallest absolute Gasteiger partial charge is 0.391 e. The van der Waals surface area contributed by atoms with Gasteiger partial charge < -0.3 is 107 Å². The molecule has 12 atom stereocenters. The van der Waals surface area contributed by atoms with Crippen LogP contribution >= 0.6 is 11.3 Å². The molecule has 140 heavy (non-hydrogen) atoms. The Bertz CT molecular complexity index is 5550. The molecule has 10 aromatic rings. The zero-order valence-electron chi connectivity index (χ0n) is 80.4. The number of para-hydroxylation sites is 2. The molecule has 2 aliphatic rings. The van der Waals surface area contributed by atoms with Gasteiger partial charge in [-0.05, 0) is 181 Å². The van der Waals surface area contributed by atoms with Gasteiger partial charge in [0.15, 0.2) is 0 Å². The Hall–Kier alpha value is -12.6. The Morgan fingerprint density at radius 3 is 1.51 bits per heavy atom. The summed E-state index contributed by atoms with van der Waals surface area (Å²) in [6, 6.07) is 50.5. The van der Waals surface area contributed by atoms with Crippen LogP contribution in [0.3, 0.4) is 0 Å². The van der Waals surface area contributed by atoms with Gasteiger partial charge in [-0.15, -0.1) is 11.3 Å². The second-order valence-corrected chi connectivity index (χ2v) is 36.8. The number of fused-ring (bicyclic) bond motifs is 4. The van der Waals surface area contributed by atoms with E-state index in [2.05, 4.69) is 53.1 Å². The first-order valence-electron chi connectivity index (χ1n) is 45.3. The quantitative estimate of drug-likeness (QED) is 0.0178. The van der Waals surface area contributed by atoms with Crippen LogP contribution in [0.5, 0.6) is 0 Å². The van der Waals surface area contributed by atoms with Crippen molar-refractivity contribution in [2.24, 2.45) is 88.2 Å². The van der Waals surface area contributed by atoms with E-state index in [4.69, 9.17) is 96.9 Å². The Labute approximate surface area is 823 Å².